The van der Waals surface area contributed by atoms with Crippen LogP contribution >= 0.6 is 11.3 Å². The van der Waals surface area contributed by atoms with E-state index in [2.05, 4.69) is 11.1 Å². The Balaban J connectivity index is 1.68. The average Bonchev–Trinajstić information content (AvgIpc) is 2.91. The lowest BCUT2D eigenvalue weighted by molar-refractivity contribution is 0.0652. The van der Waals surface area contributed by atoms with Crippen LogP contribution in [0.1, 0.15) is 10.6 Å². The fourth-order valence-electron chi connectivity index (χ4n) is 2.30. The summed E-state index contributed by atoms with van der Waals surface area (Å²) in [7, 11) is 0. The van der Waals surface area contributed by atoms with Crippen molar-refractivity contribution >= 4 is 11.3 Å². The van der Waals surface area contributed by atoms with E-state index >= 15 is 0 Å². The van der Waals surface area contributed by atoms with E-state index in [9.17, 15) is 5.11 Å². The highest BCUT2D eigenvalue weighted by Gasteiger charge is 2.26. The fraction of sp³-hybridized carbons (Fsp3) is 0.357. The Bertz CT molecular complexity index is 512. The molecule has 2 atom stereocenters. The number of hydrogen-bond acceptors (Lipinski definition) is 4. The molecule has 18 heavy (non-hydrogen) atoms. The molecule has 3 nitrogen and oxygen atoms in total. The molecule has 0 bridgehead atoms. The number of aliphatic hydroxyl groups is 1. The number of fused-ring (bicyclic) bond motifs is 1. The molecule has 94 valence electrons. The second-order valence-electron chi connectivity index (χ2n) is 4.58. The second kappa shape index (κ2) is 5.08. The van der Waals surface area contributed by atoms with Gasteiger partial charge in [-0.2, -0.15) is 0 Å². The number of benzene rings is 1. The predicted octanol–water partition coefficient (Wildman–Crippen LogP) is 2.30. The monoisotopic (exact) mass is 261 g/mol. The number of rotatable bonds is 3. The highest BCUT2D eigenvalue weighted by molar-refractivity contribution is 7.09. The second-order valence-corrected chi connectivity index (χ2v) is 5.56. The van der Waals surface area contributed by atoms with Gasteiger partial charge in [0.1, 0.15) is 5.75 Å². The van der Waals surface area contributed by atoms with Crippen LogP contribution < -0.4 is 4.74 Å². The molecule has 0 aliphatic carbocycles. The minimum atomic E-state index is -0.385. The molecule has 2 unspecified atom stereocenters. The topological polar surface area (TPSA) is 42.4 Å². The molecule has 0 radical (unpaired) electrons. The highest BCUT2D eigenvalue weighted by atomic mass is 32.1. The van der Waals surface area contributed by atoms with Crippen molar-refractivity contribution in [3.63, 3.8) is 0 Å². The van der Waals surface area contributed by atoms with Gasteiger partial charge < -0.3 is 9.84 Å². The number of ether oxygens (including phenoxy) is 1. The van der Waals surface area contributed by atoms with Gasteiger partial charge in [-0.05, 0) is 18.1 Å². The summed E-state index contributed by atoms with van der Waals surface area (Å²) in [5.41, 5.74) is 1.19. The van der Waals surface area contributed by atoms with Gasteiger partial charge in [0.15, 0.2) is 0 Å². The molecular weight excluding hydrogens is 246 g/mol. The SMILES string of the molecule is OC(Cc1nccs1)C1COc2ccccc2C1. The molecule has 0 fully saturated rings. The zero-order chi connectivity index (χ0) is 12.4. The third-order valence-corrected chi connectivity index (χ3v) is 4.12. The van der Waals surface area contributed by atoms with Crippen molar-refractivity contribution in [3.05, 3.63) is 46.4 Å². The maximum Gasteiger partial charge on any atom is 0.122 e. The number of aromatic nitrogens is 1. The molecule has 0 saturated heterocycles. The standard InChI is InChI=1S/C14H15NO2S/c16-12(8-14-15-5-6-18-14)11-7-10-3-1-2-4-13(10)17-9-11/h1-6,11-12,16H,7-9H2. The summed E-state index contributed by atoms with van der Waals surface area (Å²) in [6.07, 6.45) is 2.89. The van der Waals surface area contributed by atoms with Crippen LogP contribution in [0.2, 0.25) is 0 Å². The largest absolute Gasteiger partial charge is 0.493 e. The van der Waals surface area contributed by atoms with Crippen molar-refractivity contribution in [1.82, 2.24) is 4.98 Å². The van der Waals surface area contributed by atoms with Crippen LogP contribution in [0.3, 0.4) is 0 Å². The van der Waals surface area contributed by atoms with Gasteiger partial charge in [0.05, 0.1) is 17.7 Å². The molecule has 0 spiro atoms. The van der Waals surface area contributed by atoms with Crippen molar-refractivity contribution in [2.24, 2.45) is 5.92 Å². The number of aliphatic hydroxyl groups excluding tert-OH is 1. The van der Waals surface area contributed by atoms with E-state index in [4.69, 9.17) is 4.74 Å². The van der Waals surface area contributed by atoms with Gasteiger partial charge in [0.25, 0.3) is 0 Å². The van der Waals surface area contributed by atoms with E-state index in [1.165, 1.54) is 5.56 Å². The van der Waals surface area contributed by atoms with E-state index in [0.29, 0.717) is 13.0 Å². The molecule has 4 heteroatoms. The van der Waals surface area contributed by atoms with Crippen LogP contribution in [0.15, 0.2) is 35.8 Å². The fourth-order valence-corrected chi connectivity index (χ4v) is 2.97. The van der Waals surface area contributed by atoms with E-state index in [1.54, 1.807) is 17.5 Å². The van der Waals surface area contributed by atoms with E-state index in [-0.39, 0.29) is 12.0 Å². The smallest absolute Gasteiger partial charge is 0.122 e. The van der Waals surface area contributed by atoms with Gasteiger partial charge in [0.2, 0.25) is 0 Å². The first kappa shape index (κ1) is 11.7. The van der Waals surface area contributed by atoms with Crippen molar-refractivity contribution in [3.8, 4) is 5.75 Å². The first-order valence-electron chi connectivity index (χ1n) is 6.10. The van der Waals surface area contributed by atoms with Gasteiger partial charge in [-0.25, -0.2) is 4.98 Å². The predicted molar refractivity (Wildman–Crippen MR) is 71.0 cm³/mol. The zero-order valence-corrected chi connectivity index (χ0v) is 10.8. The lowest BCUT2D eigenvalue weighted by Gasteiger charge is -2.28. The summed E-state index contributed by atoms with van der Waals surface area (Å²) in [5.74, 6) is 1.11. The van der Waals surface area contributed by atoms with E-state index < -0.39 is 0 Å². The Morgan fingerprint density at radius 1 is 1.44 bits per heavy atom. The molecule has 1 N–H and O–H groups in total. The van der Waals surface area contributed by atoms with Crippen molar-refractivity contribution in [2.45, 2.75) is 18.9 Å². The third-order valence-electron chi connectivity index (χ3n) is 3.32. The summed E-state index contributed by atoms with van der Waals surface area (Å²) in [5, 5.41) is 13.2. The van der Waals surface area contributed by atoms with Crippen LogP contribution in [0, 0.1) is 5.92 Å². The normalized spacial score (nSPS) is 19.9. The quantitative estimate of drug-likeness (QED) is 0.922. The number of nitrogens with zero attached hydrogens (tertiary/aromatic N) is 1. The number of hydrogen-bond donors (Lipinski definition) is 1. The van der Waals surface area contributed by atoms with Gasteiger partial charge in [-0.3, -0.25) is 0 Å². The molecule has 1 aromatic heterocycles. The average molecular weight is 261 g/mol. The third kappa shape index (κ3) is 2.40. The molecule has 1 aromatic carbocycles. The van der Waals surface area contributed by atoms with Crippen LogP contribution in [0.25, 0.3) is 0 Å². The Morgan fingerprint density at radius 3 is 3.17 bits per heavy atom. The number of para-hydroxylation sites is 1. The van der Waals surface area contributed by atoms with Gasteiger partial charge in [-0.1, -0.05) is 18.2 Å². The maximum atomic E-state index is 10.3. The Hall–Kier alpha value is -1.39. The molecule has 1 aliphatic heterocycles. The molecule has 1 aliphatic rings. The van der Waals surface area contributed by atoms with Crippen molar-refractivity contribution in [2.75, 3.05) is 6.61 Å². The van der Waals surface area contributed by atoms with Gasteiger partial charge in [0, 0.05) is 23.9 Å². The van der Waals surface area contributed by atoms with Gasteiger partial charge in [-0.15, -0.1) is 11.3 Å². The van der Waals surface area contributed by atoms with E-state index in [0.717, 1.165) is 17.2 Å². The van der Waals surface area contributed by atoms with Crippen LogP contribution in [-0.2, 0) is 12.8 Å². The molecule has 2 heterocycles. The first-order chi connectivity index (χ1) is 8.83. The van der Waals surface area contributed by atoms with Crippen molar-refractivity contribution < 1.29 is 9.84 Å². The summed E-state index contributed by atoms with van der Waals surface area (Å²) >= 11 is 1.59. The highest BCUT2D eigenvalue weighted by Crippen LogP contribution is 2.29. The Labute approximate surface area is 110 Å². The minimum absolute atomic E-state index is 0.156. The molecule has 2 aromatic rings. The van der Waals surface area contributed by atoms with Crippen molar-refractivity contribution in [1.29, 1.82) is 0 Å². The first-order valence-corrected chi connectivity index (χ1v) is 6.98. The van der Waals surface area contributed by atoms with Crippen LogP contribution in [-0.4, -0.2) is 22.8 Å². The van der Waals surface area contributed by atoms with Crippen LogP contribution in [0.5, 0.6) is 5.75 Å². The Kier molecular flexibility index (Phi) is 3.30. The summed E-state index contributed by atoms with van der Waals surface area (Å²) < 4.78 is 5.70. The minimum Gasteiger partial charge on any atom is -0.493 e. The van der Waals surface area contributed by atoms with Gasteiger partial charge >= 0.3 is 0 Å². The van der Waals surface area contributed by atoms with E-state index in [1.807, 2.05) is 23.6 Å². The maximum absolute atomic E-state index is 10.3. The molecular formula is C14H15NO2S. The lowest BCUT2D eigenvalue weighted by Crippen LogP contribution is -2.33. The zero-order valence-electron chi connectivity index (χ0n) is 9.95. The molecule has 0 amide bonds. The van der Waals surface area contributed by atoms with Crippen LogP contribution in [0.4, 0.5) is 0 Å². The summed E-state index contributed by atoms with van der Waals surface area (Å²) in [6.45, 7) is 0.587. The lowest BCUT2D eigenvalue weighted by atomic mass is 9.91. The number of thiazole rings is 1. The Morgan fingerprint density at radius 2 is 2.33 bits per heavy atom. The molecule has 3 rings (SSSR count). The molecule has 0 saturated carbocycles. The summed E-state index contributed by atoms with van der Waals surface area (Å²) in [6, 6.07) is 8.04. The summed E-state index contributed by atoms with van der Waals surface area (Å²) in [4.78, 5) is 4.21.